The van der Waals surface area contributed by atoms with Crippen molar-refractivity contribution in [3.8, 4) is 0 Å². The lowest BCUT2D eigenvalue weighted by Crippen LogP contribution is -2.51. The normalized spacial score (nSPS) is 14.5. The summed E-state index contributed by atoms with van der Waals surface area (Å²) in [6, 6.07) is 15.5. The summed E-state index contributed by atoms with van der Waals surface area (Å²) in [4.78, 5) is 28.7. The monoisotopic (exact) mass is 336 g/mol. The van der Waals surface area contributed by atoms with Gasteiger partial charge in [0, 0.05) is 31.7 Å². The van der Waals surface area contributed by atoms with Gasteiger partial charge in [-0.2, -0.15) is 0 Å². The zero-order valence-electron chi connectivity index (χ0n) is 14.9. The Labute approximate surface area is 149 Å². The Bertz CT molecular complexity index is 763. The van der Waals surface area contributed by atoms with Crippen molar-refractivity contribution in [2.75, 3.05) is 26.2 Å². The van der Waals surface area contributed by atoms with Crippen molar-refractivity contribution in [3.05, 3.63) is 70.8 Å². The van der Waals surface area contributed by atoms with Crippen LogP contribution in [0.4, 0.5) is 0 Å². The minimum atomic E-state index is 0.0436. The fourth-order valence-corrected chi connectivity index (χ4v) is 3.24. The van der Waals surface area contributed by atoms with E-state index in [1.54, 1.807) is 0 Å². The minimum absolute atomic E-state index is 0.0436. The van der Waals surface area contributed by atoms with E-state index in [0.717, 1.165) is 11.1 Å². The molecule has 2 aromatic rings. The molecule has 2 aromatic carbocycles. The van der Waals surface area contributed by atoms with Crippen LogP contribution in [-0.2, 0) is 11.2 Å². The predicted octanol–water partition coefficient (Wildman–Crippen LogP) is 2.83. The van der Waals surface area contributed by atoms with Crippen molar-refractivity contribution in [1.29, 1.82) is 0 Å². The second-order valence-electron chi connectivity index (χ2n) is 6.65. The van der Waals surface area contributed by atoms with Crippen LogP contribution in [0.2, 0.25) is 0 Å². The van der Waals surface area contributed by atoms with E-state index in [1.165, 1.54) is 5.56 Å². The highest BCUT2D eigenvalue weighted by atomic mass is 16.2. The first kappa shape index (κ1) is 17.2. The van der Waals surface area contributed by atoms with Crippen molar-refractivity contribution in [3.63, 3.8) is 0 Å². The molecule has 0 bridgehead atoms. The first-order chi connectivity index (χ1) is 12.0. The quantitative estimate of drug-likeness (QED) is 0.865. The molecule has 0 aromatic heterocycles. The van der Waals surface area contributed by atoms with Gasteiger partial charge in [-0.05, 0) is 37.1 Å². The van der Waals surface area contributed by atoms with Crippen LogP contribution >= 0.6 is 0 Å². The van der Waals surface area contributed by atoms with E-state index in [9.17, 15) is 9.59 Å². The van der Waals surface area contributed by atoms with E-state index in [0.29, 0.717) is 38.2 Å². The second-order valence-corrected chi connectivity index (χ2v) is 6.65. The maximum atomic E-state index is 12.6. The molecule has 3 rings (SSSR count). The number of hydrogen-bond donors (Lipinski definition) is 0. The molecule has 0 aliphatic carbocycles. The fourth-order valence-electron chi connectivity index (χ4n) is 3.24. The number of nitrogens with zero attached hydrogens (tertiary/aromatic N) is 2. The molecule has 1 aliphatic rings. The van der Waals surface area contributed by atoms with E-state index in [-0.39, 0.29) is 11.8 Å². The molecule has 0 spiro atoms. The Balaban J connectivity index is 1.56. The molecule has 25 heavy (non-hydrogen) atoms. The summed E-state index contributed by atoms with van der Waals surface area (Å²) >= 11 is 0. The van der Waals surface area contributed by atoms with E-state index in [2.05, 4.69) is 13.0 Å². The fraction of sp³-hybridized carbons (Fsp3) is 0.333. The van der Waals surface area contributed by atoms with Crippen LogP contribution in [0.25, 0.3) is 0 Å². The number of rotatable bonds is 3. The molecule has 2 amide bonds. The van der Waals surface area contributed by atoms with E-state index < -0.39 is 0 Å². The third-order valence-corrected chi connectivity index (χ3v) is 4.78. The van der Waals surface area contributed by atoms with Crippen LogP contribution in [0.15, 0.2) is 48.5 Å². The van der Waals surface area contributed by atoms with Crippen molar-refractivity contribution >= 4 is 11.8 Å². The van der Waals surface area contributed by atoms with Gasteiger partial charge in [0.25, 0.3) is 5.91 Å². The third kappa shape index (κ3) is 4.08. The van der Waals surface area contributed by atoms with Crippen LogP contribution in [0.5, 0.6) is 0 Å². The summed E-state index contributed by atoms with van der Waals surface area (Å²) in [5, 5.41) is 0. The summed E-state index contributed by atoms with van der Waals surface area (Å²) < 4.78 is 0. The zero-order valence-corrected chi connectivity index (χ0v) is 14.9. The van der Waals surface area contributed by atoms with Gasteiger partial charge < -0.3 is 9.80 Å². The molecule has 0 unspecified atom stereocenters. The summed E-state index contributed by atoms with van der Waals surface area (Å²) in [6.45, 7) is 6.48. The number of hydrogen-bond acceptors (Lipinski definition) is 2. The highest BCUT2D eigenvalue weighted by Gasteiger charge is 2.24. The molecule has 1 fully saturated rings. The summed E-state index contributed by atoms with van der Waals surface area (Å²) in [5.41, 5.74) is 4.16. The highest BCUT2D eigenvalue weighted by Crippen LogP contribution is 2.14. The summed E-state index contributed by atoms with van der Waals surface area (Å²) in [6.07, 6.45) is 0.429. The number of piperazine rings is 1. The van der Waals surface area contributed by atoms with Crippen molar-refractivity contribution in [2.45, 2.75) is 20.3 Å². The third-order valence-electron chi connectivity index (χ3n) is 4.78. The van der Waals surface area contributed by atoms with Crippen LogP contribution in [-0.4, -0.2) is 47.8 Å². The molecule has 1 saturated heterocycles. The zero-order chi connectivity index (χ0) is 17.8. The van der Waals surface area contributed by atoms with Gasteiger partial charge in [-0.1, -0.05) is 42.0 Å². The Hall–Kier alpha value is -2.62. The molecule has 4 nitrogen and oxygen atoms in total. The van der Waals surface area contributed by atoms with Gasteiger partial charge in [-0.25, -0.2) is 0 Å². The largest absolute Gasteiger partial charge is 0.339 e. The molecule has 0 radical (unpaired) electrons. The molecule has 1 heterocycles. The van der Waals surface area contributed by atoms with Crippen LogP contribution in [0.1, 0.15) is 27.0 Å². The maximum absolute atomic E-state index is 12.6. The Morgan fingerprint density at radius 2 is 1.52 bits per heavy atom. The van der Waals surface area contributed by atoms with Gasteiger partial charge in [0.15, 0.2) is 0 Å². The first-order valence-electron chi connectivity index (χ1n) is 8.73. The van der Waals surface area contributed by atoms with Gasteiger partial charge in [-0.15, -0.1) is 0 Å². The first-order valence-corrected chi connectivity index (χ1v) is 8.73. The Morgan fingerprint density at radius 3 is 2.16 bits per heavy atom. The standard InChI is InChI=1S/C21H24N2O2/c1-16-8-9-19(17(2)14-16)15-20(24)22-10-12-23(13-11-22)21(25)18-6-4-3-5-7-18/h3-9,14H,10-13,15H2,1-2H3. The second kappa shape index (κ2) is 7.51. The minimum Gasteiger partial charge on any atom is -0.339 e. The SMILES string of the molecule is Cc1ccc(CC(=O)N2CCN(C(=O)c3ccccc3)CC2)c(C)c1. The van der Waals surface area contributed by atoms with Gasteiger partial charge in [0.05, 0.1) is 6.42 Å². The Kier molecular flexibility index (Phi) is 5.17. The van der Waals surface area contributed by atoms with Gasteiger partial charge in [-0.3, -0.25) is 9.59 Å². The smallest absolute Gasteiger partial charge is 0.253 e. The number of benzene rings is 2. The molecule has 1 aliphatic heterocycles. The maximum Gasteiger partial charge on any atom is 0.253 e. The van der Waals surface area contributed by atoms with Gasteiger partial charge in [0.1, 0.15) is 0 Å². The van der Waals surface area contributed by atoms with E-state index in [4.69, 9.17) is 0 Å². The summed E-state index contributed by atoms with van der Waals surface area (Å²) in [5.74, 6) is 0.181. The number of carbonyl (C=O) groups is 2. The average molecular weight is 336 g/mol. The lowest BCUT2D eigenvalue weighted by Gasteiger charge is -2.35. The number of carbonyl (C=O) groups excluding carboxylic acids is 2. The molecule has 0 N–H and O–H groups in total. The van der Waals surface area contributed by atoms with Crippen molar-refractivity contribution in [1.82, 2.24) is 9.80 Å². The molecule has 0 saturated carbocycles. The highest BCUT2D eigenvalue weighted by molar-refractivity contribution is 5.94. The topological polar surface area (TPSA) is 40.6 Å². The number of aryl methyl sites for hydroxylation is 2. The lowest BCUT2D eigenvalue weighted by atomic mass is 10.0. The van der Waals surface area contributed by atoms with Gasteiger partial charge >= 0.3 is 0 Å². The molecule has 4 heteroatoms. The van der Waals surface area contributed by atoms with Crippen LogP contribution < -0.4 is 0 Å². The predicted molar refractivity (Wildman–Crippen MR) is 98.5 cm³/mol. The summed E-state index contributed by atoms with van der Waals surface area (Å²) in [7, 11) is 0. The molecular formula is C21H24N2O2. The molecule has 130 valence electrons. The average Bonchev–Trinajstić information content (AvgIpc) is 2.64. The Morgan fingerprint density at radius 1 is 0.880 bits per heavy atom. The van der Waals surface area contributed by atoms with E-state index in [1.807, 2.05) is 59.2 Å². The van der Waals surface area contributed by atoms with Crippen LogP contribution in [0.3, 0.4) is 0 Å². The van der Waals surface area contributed by atoms with Crippen LogP contribution in [0, 0.1) is 13.8 Å². The van der Waals surface area contributed by atoms with Crippen molar-refractivity contribution < 1.29 is 9.59 Å². The van der Waals surface area contributed by atoms with Gasteiger partial charge in [0.2, 0.25) is 5.91 Å². The van der Waals surface area contributed by atoms with E-state index >= 15 is 0 Å². The molecular weight excluding hydrogens is 312 g/mol. The number of amides is 2. The molecule has 0 atom stereocenters. The van der Waals surface area contributed by atoms with Crippen molar-refractivity contribution in [2.24, 2.45) is 0 Å². The lowest BCUT2D eigenvalue weighted by molar-refractivity contribution is -0.131.